The van der Waals surface area contributed by atoms with Crippen LogP contribution in [0.4, 0.5) is 0 Å². The second kappa shape index (κ2) is 6.55. The van der Waals surface area contributed by atoms with Crippen LogP contribution in [0.3, 0.4) is 0 Å². The molecule has 0 aliphatic heterocycles. The van der Waals surface area contributed by atoms with Crippen LogP contribution in [0.5, 0.6) is 0 Å². The Morgan fingerprint density at radius 3 is 1.85 bits per heavy atom. The molecule has 1 aromatic rings. The molecule has 20 heavy (non-hydrogen) atoms. The van der Waals surface area contributed by atoms with Gasteiger partial charge in [-0.25, -0.2) is 14.4 Å². The molecule has 0 aliphatic carbocycles. The molecule has 1 heterocycles. The van der Waals surface area contributed by atoms with E-state index in [9.17, 15) is 14.4 Å². The van der Waals surface area contributed by atoms with E-state index in [2.05, 4.69) is 14.2 Å². The van der Waals surface area contributed by atoms with Crippen LogP contribution in [0.1, 0.15) is 44.0 Å². The summed E-state index contributed by atoms with van der Waals surface area (Å²) in [4.78, 5) is 35.2. The van der Waals surface area contributed by atoms with Crippen molar-refractivity contribution in [2.75, 3.05) is 21.3 Å². The number of carbonyl (C=O) groups excluding carboxylic acids is 3. The van der Waals surface area contributed by atoms with Crippen molar-refractivity contribution in [1.29, 1.82) is 0 Å². The van der Waals surface area contributed by atoms with Crippen molar-refractivity contribution in [3.8, 4) is 0 Å². The topological polar surface area (TPSA) is 92.0 Å². The van der Waals surface area contributed by atoms with Gasteiger partial charge >= 0.3 is 17.9 Å². The molecule has 0 aliphatic rings. The van der Waals surface area contributed by atoms with Crippen molar-refractivity contribution < 1.29 is 33.0 Å². The van der Waals surface area contributed by atoms with Crippen LogP contribution in [0, 0.1) is 0 Å². The molecule has 0 unspecified atom stereocenters. The number of esters is 3. The van der Waals surface area contributed by atoms with Crippen LogP contribution in [-0.4, -0.2) is 39.2 Å². The lowest BCUT2D eigenvalue weighted by Crippen LogP contribution is -2.14. The number of furan rings is 1. The fourth-order valence-electron chi connectivity index (χ4n) is 1.56. The van der Waals surface area contributed by atoms with Gasteiger partial charge in [-0.05, 0) is 13.0 Å². The Morgan fingerprint density at radius 2 is 1.40 bits per heavy atom. The van der Waals surface area contributed by atoms with E-state index in [1.165, 1.54) is 6.08 Å². The second-order valence-electron chi connectivity index (χ2n) is 3.52. The number of methoxy groups -OCH3 is 3. The Balaban J connectivity index is 3.66. The first-order valence-corrected chi connectivity index (χ1v) is 5.56. The Labute approximate surface area is 115 Å². The van der Waals surface area contributed by atoms with Crippen molar-refractivity contribution in [1.82, 2.24) is 0 Å². The standard InChI is InChI=1S/C13H14O7/c1-5-6-7-8(11(14)17-2)9(12(15)18-3)10(20-7)13(16)19-4/h5-6H,1-4H3/b6-5+. The molecule has 0 atom stereocenters. The number of hydrogen-bond donors (Lipinski definition) is 0. The second-order valence-corrected chi connectivity index (χ2v) is 3.52. The summed E-state index contributed by atoms with van der Waals surface area (Å²) in [5.41, 5.74) is -0.503. The first kappa shape index (κ1) is 15.5. The third-order valence-corrected chi connectivity index (χ3v) is 2.40. The van der Waals surface area contributed by atoms with Crippen molar-refractivity contribution in [3.63, 3.8) is 0 Å². The Hall–Kier alpha value is -2.57. The summed E-state index contributed by atoms with van der Waals surface area (Å²) < 4.78 is 18.9. The Bertz CT molecular complexity index is 566. The highest BCUT2D eigenvalue weighted by atomic mass is 16.5. The van der Waals surface area contributed by atoms with Gasteiger partial charge in [0.1, 0.15) is 16.9 Å². The van der Waals surface area contributed by atoms with Crippen LogP contribution in [0.15, 0.2) is 10.5 Å². The average molecular weight is 282 g/mol. The third kappa shape index (κ3) is 2.71. The number of carbonyl (C=O) groups is 3. The molecule has 0 spiro atoms. The quantitative estimate of drug-likeness (QED) is 0.612. The maximum atomic E-state index is 11.8. The summed E-state index contributed by atoms with van der Waals surface area (Å²) >= 11 is 0. The van der Waals surface area contributed by atoms with Gasteiger partial charge in [0.2, 0.25) is 5.76 Å². The van der Waals surface area contributed by atoms with E-state index in [1.807, 2.05) is 0 Å². The van der Waals surface area contributed by atoms with Gasteiger partial charge in [0.25, 0.3) is 0 Å². The molecular weight excluding hydrogens is 268 g/mol. The van der Waals surface area contributed by atoms with E-state index in [-0.39, 0.29) is 16.9 Å². The van der Waals surface area contributed by atoms with E-state index >= 15 is 0 Å². The summed E-state index contributed by atoms with van der Waals surface area (Å²) in [5, 5.41) is 0. The van der Waals surface area contributed by atoms with Crippen molar-refractivity contribution in [3.05, 3.63) is 28.7 Å². The van der Waals surface area contributed by atoms with Crippen LogP contribution in [0.2, 0.25) is 0 Å². The maximum absolute atomic E-state index is 11.8. The zero-order chi connectivity index (χ0) is 15.3. The number of hydrogen-bond acceptors (Lipinski definition) is 7. The van der Waals surface area contributed by atoms with Gasteiger partial charge in [0.05, 0.1) is 21.3 Å². The first-order valence-electron chi connectivity index (χ1n) is 5.56. The molecular formula is C13H14O7. The third-order valence-electron chi connectivity index (χ3n) is 2.40. The van der Waals surface area contributed by atoms with Gasteiger partial charge in [-0.15, -0.1) is 0 Å². The van der Waals surface area contributed by atoms with Crippen LogP contribution in [0.25, 0.3) is 6.08 Å². The normalized spacial score (nSPS) is 10.4. The van der Waals surface area contributed by atoms with Crippen molar-refractivity contribution in [2.45, 2.75) is 6.92 Å². The molecule has 0 radical (unpaired) electrons. The predicted molar refractivity (Wildman–Crippen MR) is 67.4 cm³/mol. The van der Waals surface area contributed by atoms with E-state index < -0.39 is 23.7 Å². The average Bonchev–Trinajstić information content (AvgIpc) is 2.84. The Kier molecular flexibility index (Phi) is 5.08. The maximum Gasteiger partial charge on any atom is 0.374 e. The van der Waals surface area contributed by atoms with E-state index in [1.54, 1.807) is 13.0 Å². The number of ether oxygens (including phenoxy) is 3. The summed E-state index contributed by atoms with van der Waals surface area (Å²) in [6, 6.07) is 0. The van der Waals surface area contributed by atoms with Gasteiger partial charge in [-0.1, -0.05) is 6.08 Å². The van der Waals surface area contributed by atoms with Crippen LogP contribution < -0.4 is 0 Å². The fraction of sp³-hybridized carbons (Fsp3) is 0.308. The number of rotatable bonds is 4. The fourth-order valence-corrected chi connectivity index (χ4v) is 1.56. The summed E-state index contributed by atoms with van der Waals surface area (Å²) in [6.07, 6.45) is 3.00. The van der Waals surface area contributed by atoms with Gasteiger partial charge < -0.3 is 18.6 Å². The molecule has 0 N–H and O–H groups in total. The SMILES string of the molecule is C/C=C/c1oc(C(=O)OC)c(C(=O)OC)c1C(=O)OC. The van der Waals surface area contributed by atoms with Gasteiger partial charge in [-0.3, -0.25) is 0 Å². The smallest absolute Gasteiger partial charge is 0.374 e. The highest BCUT2D eigenvalue weighted by molar-refractivity contribution is 6.11. The van der Waals surface area contributed by atoms with Crippen LogP contribution >= 0.6 is 0 Å². The van der Waals surface area contributed by atoms with Gasteiger partial charge in [-0.2, -0.15) is 0 Å². The molecule has 1 aromatic heterocycles. The first-order chi connectivity index (χ1) is 9.51. The minimum absolute atomic E-state index is 0.0140. The zero-order valence-corrected chi connectivity index (χ0v) is 11.5. The lowest BCUT2D eigenvalue weighted by atomic mass is 10.1. The monoisotopic (exact) mass is 282 g/mol. The molecule has 0 amide bonds. The molecule has 0 saturated carbocycles. The largest absolute Gasteiger partial charge is 0.465 e. The van der Waals surface area contributed by atoms with Crippen molar-refractivity contribution in [2.24, 2.45) is 0 Å². The molecule has 1 rings (SSSR count). The van der Waals surface area contributed by atoms with E-state index in [0.717, 1.165) is 21.3 Å². The lowest BCUT2D eigenvalue weighted by Gasteiger charge is -2.02. The summed E-state index contributed by atoms with van der Waals surface area (Å²) in [6.45, 7) is 1.68. The van der Waals surface area contributed by atoms with Gasteiger partial charge in [0.15, 0.2) is 0 Å². The molecule has 7 heteroatoms. The molecule has 0 fully saturated rings. The molecule has 0 bridgehead atoms. The minimum atomic E-state index is -0.898. The summed E-state index contributed by atoms with van der Waals surface area (Å²) in [7, 11) is 3.39. The molecule has 108 valence electrons. The van der Waals surface area contributed by atoms with Crippen LogP contribution in [-0.2, 0) is 14.2 Å². The minimum Gasteiger partial charge on any atom is -0.465 e. The Morgan fingerprint density at radius 1 is 0.900 bits per heavy atom. The lowest BCUT2D eigenvalue weighted by molar-refractivity contribution is 0.0523. The molecule has 7 nitrogen and oxygen atoms in total. The molecule has 0 saturated heterocycles. The highest BCUT2D eigenvalue weighted by Crippen LogP contribution is 2.26. The van der Waals surface area contributed by atoms with E-state index in [4.69, 9.17) is 4.42 Å². The van der Waals surface area contributed by atoms with Gasteiger partial charge in [0, 0.05) is 0 Å². The van der Waals surface area contributed by atoms with Crippen molar-refractivity contribution >= 4 is 24.0 Å². The number of allylic oxidation sites excluding steroid dienone is 1. The molecule has 0 aromatic carbocycles. The highest BCUT2D eigenvalue weighted by Gasteiger charge is 2.34. The summed E-state index contributed by atoms with van der Waals surface area (Å²) in [5.74, 6) is -3.01. The zero-order valence-electron chi connectivity index (χ0n) is 11.5. The van der Waals surface area contributed by atoms with E-state index in [0.29, 0.717) is 0 Å². The predicted octanol–water partition coefficient (Wildman–Crippen LogP) is 1.67.